The monoisotopic (exact) mass is 478 g/mol. The van der Waals surface area contributed by atoms with Crippen molar-refractivity contribution < 1.29 is 23.7 Å². The molecule has 0 spiro atoms. The lowest BCUT2D eigenvalue weighted by Gasteiger charge is -2.45. The molecule has 4 rings (SSSR count). The summed E-state index contributed by atoms with van der Waals surface area (Å²) in [4.78, 5) is 12.8. The van der Waals surface area contributed by atoms with E-state index < -0.39 is 17.0 Å². The molecule has 0 saturated carbocycles. The summed E-state index contributed by atoms with van der Waals surface area (Å²) in [5.74, 6) is -0.428. The summed E-state index contributed by atoms with van der Waals surface area (Å²) in [7, 11) is 1.39. The number of hydrogen-bond acceptors (Lipinski definition) is 6. The van der Waals surface area contributed by atoms with Gasteiger partial charge >= 0.3 is 5.97 Å². The lowest BCUT2D eigenvalue weighted by atomic mass is 9.97. The minimum absolute atomic E-state index is 0.301. The summed E-state index contributed by atoms with van der Waals surface area (Å²) in [6.07, 6.45) is -0.815. The molecule has 1 saturated heterocycles. The number of rotatable bonds is 9. The van der Waals surface area contributed by atoms with Crippen LogP contribution in [-0.2, 0) is 37.0 Å². The highest BCUT2D eigenvalue weighted by Gasteiger charge is 2.53. The van der Waals surface area contributed by atoms with Gasteiger partial charge in [0.1, 0.15) is 6.10 Å². The number of carbonyl (C=O) groups excluding carboxylic acids is 1. The van der Waals surface area contributed by atoms with E-state index in [-0.39, 0.29) is 12.2 Å². The Morgan fingerprint density at radius 2 is 1.41 bits per heavy atom. The van der Waals surface area contributed by atoms with Crippen LogP contribution in [0.25, 0.3) is 0 Å². The molecule has 1 unspecified atom stereocenters. The summed E-state index contributed by atoms with van der Waals surface area (Å²) >= 11 is 1.36. The summed E-state index contributed by atoms with van der Waals surface area (Å²) in [6.45, 7) is 2.77. The van der Waals surface area contributed by atoms with Crippen molar-refractivity contribution in [1.82, 2.24) is 0 Å². The Bertz CT molecular complexity index is 1030. The van der Waals surface area contributed by atoms with E-state index >= 15 is 0 Å². The van der Waals surface area contributed by atoms with Gasteiger partial charge in [0.15, 0.2) is 0 Å². The Kier molecular flexibility index (Phi) is 8.40. The van der Waals surface area contributed by atoms with E-state index in [0.717, 1.165) is 16.0 Å². The number of benzene rings is 3. The van der Waals surface area contributed by atoms with Gasteiger partial charge in [0.05, 0.1) is 32.5 Å². The lowest BCUT2D eigenvalue weighted by molar-refractivity contribution is -0.220. The largest absolute Gasteiger partial charge is 0.466 e. The zero-order chi connectivity index (χ0) is 23.8. The molecule has 5 nitrogen and oxygen atoms in total. The molecule has 0 bridgehead atoms. The van der Waals surface area contributed by atoms with Crippen LogP contribution in [0.2, 0.25) is 0 Å². The van der Waals surface area contributed by atoms with Crippen LogP contribution >= 0.6 is 11.8 Å². The fourth-order valence-corrected chi connectivity index (χ4v) is 5.40. The second-order valence-corrected chi connectivity index (χ2v) is 9.62. The van der Waals surface area contributed by atoms with Crippen LogP contribution in [0.5, 0.6) is 0 Å². The normalized spacial score (nSPS) is 24.5. The van der Waals surface area contributed by atoms with Gasteiger partial charge in [0.25, 0.3) is 0 Å². The minimum Gasteiger partial charge on any atom is -0.466 e. The van der Waals surface area contributed by atoms with Gasteiger partial charge in [-0.25, -0.2) is 4.79 Å². The first-order valence-electron chi connectivity index (χ1n) is 11.4. The number of methoxy groups -OCH3 is 1. The van der Waals surface area contributed by atoms with Crippen LogP contribution < -0.4 is 0 Å². The zero-order valence-corrected chi connectivity index (χ0v) is 20.3. The molecule has 178 valence electrons. The Hall–Kier alpha value is -2.64. The highest BCUT2D eigenvalue weighted by atomic mass is 32.2. The van der Waals surface area contributed by atoms with E-state index in [4.69, 9.17) is 18.9 Å². The van der Waals surface area contributed by atoms with Crippen LogP contribution in [0.3, 0.4) is 0 Å². The molecule has 1 aliphatic rings. The number of thioether (sulfide) groups is 1. The molecule has 0 amide bonds. The maximum Gasteiger partial charge on any atom is 0.349 e. The molecule has 34 heavy (non-hydrogen) atoms. The van der Waals surface area contributed by atoms with E-state index in [2.05, 4.69) is 0 Å². The molecule has 0 aromatic heterocycles. The predicted octanol–water partition coefficient (Wildman–Crippen LogP) is 5.63. The first-order valence-corrected chi connectivity index (χ1v) is 12.2. The third kappa shape index (κ3) is 6.07. The number of ether oxygens (including phenoxy) is 4. The van der Waals surface area contributed by atoms with Gasteiger partial charge in [0.2, 0.25) is 4.93 Å². The average molecular weight is 479 g/mol. The molecule has 0 radical (unpaired) electrons. The molecule has 0 aliphatic carbocycles. The number of esters is 1. The molecule has 4 atom stereocenters. The van der Waals surface area contributed by atoms with E-state index in [9.17, 15) is 4.79 Å². The van der Waals surface area contributed by atoms with Crippen molar-refractivity contribution in [2.75, 3.05) is 7.11 Å². The predicted molar refractivity (Wildman–Crippen MR) is 132 cm³/mol. The molecule has 1 heterocycles. The van der Waals surface area contributed by atoms with Crippen LogP contribution in [0, 0.1) is 0 Å². The molecule has 1 aliphatic heterocycles. The van der Waals surface area contributed by atoms with Gasteiger partial charge in [0, 0.05) is 11.3 Å². The van der Waals surface area contributed by atoms with E-state index in [0.29, 0.717) is 19.6 Å². The van der Waals surface area contributed by atoms with Gasteiger partial charge in [-0.15, -0.1) is 0 Å². The molecule has 6 heteroatoms. The van der Waals surface area contributed by atoms with Crippen molar-refractivity contribution in [3.8, 4) is 0 Å². The Balaban J connectivity index is 1.58. The fraction of sp³-hybridized carbons (Fsp3) is 0.321. The number of hydrogen-bond donors (Lipinski definition) is 0. The summed E-state index contributed by atoms with van der Waals surface area (Å²) in [6, 6.07) is 29.7. The van der Waals surface area contributed by atoms with Crippen LogP contribution in [-0.4, -0.2) is 36.3 Å². The maximum absolute atomic E-state index is 13.1. The topological polar surface area (TPSA) is 54.0 Å². The average Bonchev–Trinajstić information content (AvgIpc) is 2.88. The highest BCUT2D eigenvalue weighted by Crippen LogP contribution is 2.45. The van der Waals surface area contributed by atoms with Gasteiger partial charge in [-0.3, -0.25) is 0 Å². The summed E-state index contributed by atoms with van der Waals surface area (Å²) < 4.78 is 24.3. The van der Waals surface area contributed by atoms with Gasteiger partial charge in [-0.1, -0.05) is 90.6 Å². The maximum atomic E-state index is 13.1. The summed E-state index contributed by atoms with van der Waals surface area (Å²) in [5.41, 5.74) is 2.13. The smallest absolute Gasteiger partial charge is 0.349 e. The first-order chi connectivity index (χ1) is 16.6. The Morgan fingerprint density at radius 3 is 1.97 bits per heavy atom. The molecular formula is C28H30O5S. The molecule has 3 aromatic carbocycles. The van der Waals surface area contributed by atoms with Crippen molar-refractivity contribution >= 4 is 17.7 Å². The van der Waals surface area contributed by atoms with Crippen molar-refractivity contribution in [2.45, 2.75) is 54.7 Å². The van der Waals surface area contributed by atoms with Crippen LogP contribution in [0.15, 0.2) is 95.9 Å². The second-order valence-electron chi connectivity index (χ2n) is 8.28. The van der Waals surface area contributed by atoms with Crippen molar-refractivity contribution in [3.05, 3.63) is 102 Å². The standard InChI is InChI=1S/C28H30O5S/c1-21-26(32-20-23-14-8-4-9-15-23)25(31-19-22-12-6-3-7-13-22)18-28(33-21,27(29)30-2)34-24-16-10-5-11-17-24/h3-17,21,25-26H,18-20H2,1-2H3/t21-,25-,26-,28?/m1/s1. The van der Waals surface area contributed by atoms with E-state index in [1.807, 2.05) is 97.9 Å². The van der Waals surface area contributed by atoms with E-state index in [1.54, 1.807) is 0 Å². The minimum atomic E-state index is -1.23. The summed E-state index contributed by atoms with van der Waals surface area (Å²) in [5, 5.41) is 0. The van der Waals surface area contributed by atoms with Crippen molar-refractivity contribution in [1.29, 1.82) is 0 Å². The zero-order valence-electron chi connectivity index (χ0n) is 19.5. The second kappa shape index (κ2) is 11.7. The van der Waals surface area contributed by atoms with Gasteiger partial charge < -0.3 is 18.9 Å². The SMILES string of the molecule is COC(=O)C1(Sc2ccccc2)C[C@@H](OCc2ccccc2)[C@H](OCc2ccccc2)[C@@H](C)O1. The Labute approximate surface area is 205 Å². The van der Waals surface area contributed by atoms with E-state index in [1.165, 1.54) is 18.9 Å². The Morgan fingerprint density at radius 1 is 0.882 bits per heavy atom. The van der Waals surface area contributed by atoms with Crippen LogP contribution in [0.4, 0.5) is 0 Å². The lowest BCUT2D eigenvalue weighted by Crippen LogP contribution is -2.57. The highest BCUT2D eigenvalue weighted by molar-refractivity contribution is 8.01. The van der Waals surface area contributed by atoms with Gasteiger partial charge in [-0.2, -0.15) is 0 Å². The number of carbonyl (C=O) groups is 1. The third-order valence-electron chi connectivity index (χ3n) is 5.79. The first kappa shape index (κ1) is 24.5. The third-order valence-corrected chi connectivity index (χ3v) is 7.06. The molecular weight excluding hydrogens is 448 g/mol. The van der Waals surface area contributed by atoms with Crippen molar-refractivity contribution in [2.24, 2.45) is 0 Å². The van der Waals surface area contributed by atoms with Gasteiger partial charge in [-0.05, 0) is 30.2 Å². The van der Waals surface area contributed by atoms with Crippen molar-refractivity contribution in [3.63, 3.8) is 0 Å². The molecule has 3 aromatic rings. The van der Waals surface area contributed by atoms with Crippen LogP contribution in [0.1, 0.15) is 24.5 Å². The quantitative estimate of drug-likeness (QED) is 0.372. The fourth-order valence-electron chi connectivity index (χ4n) is 4.11. The molecule has 1 fully saturated rings. The molecule has 0 N–H and O–H groups in total.